The Morgan fingerprint density at radius 2 is 2.18 bits per heavy atom. The van der Waals surface area contributed by atoms with E-state index in [0.717, 1.165) is 16.8 Å². The molecule has 114 valence electrons. The molecule has 1 aliphatic rings. The quantitative estimate of drug-likeness (QED) is 0.871. The van der Waals surface area contributed by atoms with E-state index in [-0.39, 0.29) is 11.9 Å². The predicted octanol–water partition coefficient (Wildman–Crippen LogP) is 2.28. The highest BCUT2D eigenvalue weighted by Gasteiger charge is 2.32. The van der Waals surface area contributed by atoms with E-state index in [1.54, 1.807) is 6.20 Å². The van der Waals surface area contributed by atoms with Gasteiger partial charge in [-0.15, -0.1) is 0 Å². The number of fused-ring (bicyclic) bond motifs is 1. The van der Waals surface area contributed by atoms with Crippen molar-refractivity contribution in [2.24, 2.45) is 0 Å². The highest BCUT2D eigenvalue weighted by atomic mass is 35.5. The highest BCUT2D eigenvalue weighted by molar-refractivity contribution is 6.30. The first-order valence-corrected chi connectivity index (χ1v) is 7.42. The monoisotopic (exact) mass is 316 g/mol. The summed E-state index contributed by atoms with van der Waals surface area (Å²) in [5.74, 6) is 0.0465. The minimum absolute atomic E-state index is 0.0465. The second kappa shape index (κ2) is 6.02. The van der Waals surface area contributed by atoms with Crippen LogP contribution in [-0.2, 0) is 17.9 Å². The van der Waals surface area contributed by atoms with Crippen LogP contribution >= 0.6 is 11.6 Å². The van der Waals surface area contributed by atoms with Crippen LogP contribution in [0.3, 0.4) is 0 Å². The van der Waals surface area contributed by atoms with E-state index in [1.807, 2.05) is 48.2 Å². The average Bonchev–Trinajstić information content (AvgIpc) is 2.91. The summed E-state index contributed by atoms with van der Waals surface area (Å²) in [7, 11) is 3.79. The van der Waals surface area contributed by atoms with Gasteiger partial charge in [-0.1, -0.05) is 23.7 Å². The maximum Gasteiger partial charge on any atom is 0.245 e. The zero-order valence-corrected chi connectivity index (χ0v) is 13.3. The van der Waals surface area contributed by atoms with Crippen LogP contribution in [0.25, 0.3) is 0 Å². The Bertz CT molecular complexity index is 679. The number of benzene rings is 1. The van der Waals surface area contributed by atoms with E-state index in [4.69, 9.17) is 11.6 Å². The van der Waals surface area contributed by atoms with Gasteiger partial charge in [0.2, 0.25) is 5.91 Å². The van der Waals surface area contributed by atoms with Crippen molar-refractivity contribution in [2.75, 3.05) is 14.1 Å². The first kappa shape index (κ1) is 14.9. The molecule has 1 amide bonds. The zero-order valence-electron chi connectivity index (χ0n) is 12.5. The summed E-state index contributed by atoms with van der Waals surface area (Å²) in [5, 5.41) is 0.632. The third-order valence-electron chi connectivity index (χ3n) is 3.81. The lowest BCUT2D eigenvalue weighted by Crippen LogP contribution is -2.37. The number of carbonyl (C=O) groups excluding carboxylic acids is 1. The summed E-state index contributed by atoms with van der Waals surface area (Å²) in [6.07, 6.45) is 3.30. The summed E-state index contributed by atoms with van der Waals surface area (Å²) in [4.78, 5) is 24.9. The molecule has 0 saturated carbocycles. The van der Waals surface area contributed by atoms with Gasteiger partial charge in [0, 0.05) is 23.3 Å². The molecule has 2 aromatic rings. The molecule has 0 radical (unpaired) electrons. The largest absolute Gasteiger partial charge is 0.331 e. The van der Waals surface area contributed by atoms with Gasteiger partial charge in [-0.3, -0.25) is 9.69 Å². The van der Waals surface area contributed by atoms with E-state index in [1.165, 1.54) is 6.33 Å². The average molecular weight is 317 g/mol. The number of amides is 1. The first-order valence-electron chi connectivity index (χ1n) is 7.04. The topological polar surface area (TPSA) is 49.3 Å². The third-order valence-corrected chi connectivity index (χ3v) is 4.04. The smallest absolute Gasteiger partial charge is 0.245 e. The van der Waals surface area contributed by atoms with Crippen molar-refractivity contribution in [3.8, 4) is 0 Å². The normalized spacial score (nSPS) is 15.0. The Hall–Kier alpha value is -1.98. The molecule has 5 nitrogen and oxygen atoms in total. The molecular formula is C16H17ClN4O. The summed E-state index contributed by atoms with van der Waals surface area (Å²) in [6.45, 7) is 1.08. The minimum Gasteiger partial charge on any atom is -0.331 e. The van der Waals surface area contributed by atoms with Gasteiger partial charge in [-0.05, 0) is 31.8 Å². The zero-order chi connectivity index (χ0) is 15.7. The Kier molecular flexibility index (Phi) is 4.09. The second-order valence-corrected chi connectivity index (χ2v) is 6.05. The van der Waals surface area contributed by atoms with Crippen LogP contribution in [0.4, 0.5) is 0 Å². The molecule has 2 heterocycles. The molecule has 1 aromatic heterocycles. The van der Waals surface area contributed by atoms with Crippen molar-refractivity contribution in [2.45, 2.75) is 19.1 Å². The fourth-order valence-corrected chi connectivity index (χ4v) is 2.97. The van der Waals surface area contributed by atoms with Crippen LogP contribution in [-0.4, -0.2) is 39.8 Å². The molecule has 1 unspecified atom stereocenters. The Morgan fingerprint density at radius 1 is 1.36 bits per heavy atom. The van der Waals surface area contributed by atoms with Crippen LogP contribution in [0.15, 0.2) is 36.8 Å². The molecule has 0 aliphatic carbocycles. The molecule has 6 heteroatoms. The van der Waals surface area contributed by atoms with Crippen LogP contribution < -0.4 is 0 Å². The number of likely N-dealkylation sites (N-methyl/N-ethyl adjacent to an activating group) is 1. The van der Waals surface area contributed by atoms with Gasteiger partial charge < -0.3 is 4.90 Å². The molecule has 1 aromatic carbocycles. The summed E-state index contributed by atoms with van der Waals surface area (Å²) >= 11 is 6.07. The van der Waals surface area contributed by atoms with Crippen molar-refractivity contribution < 1.29 is 4.79 Å². The summed E-state index contributed by atoms with van der Waals surface area (Å²) in [6, 6.07) is 7.08. The maximum atomic E-state index is 13.0. The van der Waals surface area contributed by atoms with Gasteiger partial charge in [-0.25, -0.2) is 9.97 Å². The number of halogens is 1. The lowest BCUT2D eigenvalue weighted by molar-refractivity contribution is -0.137. The molecule has 0 saturated heterocycles. The van der Waals surface area contributed by atoms with Crippen LogP contribution in [0.1, 0.15) is 22.9 Å². The van der Waals surface area contributed by atoms with E-state index < -0.39 is 0 Å². The number of hydrogen-bond acceptors (Lipinski definition) is 4. The van der Waals surface area contributed by atoms with Crippen LogP contribution in [0.5, 0.6) is 0 Å². The SMILES string of the molecule is CN(C)C(C(=O)N1Cc2cncnc2C1)c1cccc(Cl)c1. The molecule has 0 fully saturated rings. The van der Waals surface area contributed by atoms with Crippen LogP contribution in [0.2, 0.25) is 5.02 Å². The van der Waals surface area contributed by atoms with E-state index >= 15 is 0 Å². The number of aromatic nitrogens is 2. The van der Waals surface area contributed by atoms with Crippen molar-refractivity contribution in [3.05, 3.63) is 58.6 Å². The Morgan fingerprint density at radius 3 is 2.86 bits per heavy atom. The minimum atomic E-state index is -0.360. The first-order chi connectivity index (χ1) is 10.6. The van der Waals surface area contributed by atoms with Gasteiger partial charge in [-0.2, -0.15) is 0 Å². The maximum absolute atomic E-state index is 13.0. The van der Waals surface area contributed by atoms with Gasteiger partial charge in [0.25, 0.3) is 0 Å². The second-order valence-electron chi connectivity index (χ2n) is 5.61. The van der Waals surface area contributed by atoms with Crippen LogP contribution in [0, 0.1) is 0 Å². The lowest BCUT2D eigenvalue weighted by Gasteiger charge is -2.28. The lowest BCUT2D eigenvalue weighted by atomic mass is 10.0. The van der Waals surface area contributed by atoms with E-state index in [2.05, 4.69) is 9.97 Å². The van der Waals surface area contributed by atoms with Gasteiger partial charge in [0.15, 0.2) is 0 Å². The fourth-order valence-electron chi connectivity index (χ4n) is 2.77. The number of hydrogen-bond donors (Lipinski definition) is 0. The van der Waals surface area contributed by atoms with Gasteiger partial charge in [0.1, 0.15) is 12.4 Å². The highest BCUT2D eigenvalue weighted by Crippen LogP contribution is 2.28. The number of carbonyl (C=O) groups is 1. The molecule has 0 spiro atoms. The van der Waals surface area contributed by atoms with Gasteiger partial charge in [0.05, 0.1) is 12.2 Å². The summed E-state index contributed by atoms with van der Waals surface area (Å²) < 4.78 is 0. The molecule has 1 aliphatic heterocycles. The van der Waals surface area contributed by atoms with E-state index in [0.29, 0.717) is 18.1 Å². The van der Waals surface area contributed by atoms with Crippen molar-refractivity contribution in [3.63, 3.8) is 0 Å². The van der Waals surface area contributed by atoms with Crippen molar-refractivity contribution in [1.82, 2.24) is 19.8 Å². The molecule has 0 bridgehead atoms. The van der Waals surface area contributed by atoms with Crippen molar-refractivity contribution >= 4 is 17.5 Å². The fraction of sp³-hybridized carbons (Fsp3) is 0.312. The van der Waals surface area contributed by atoms with Crippen molar-refractivity contribution in [1.29, 1.82) is 0 Å². The Balaban J connectivity index is 1.86. The Labute approximate surface area is 134 Å². The number of rotatable bonds is 3. The van der Waals surface area contributed by atoms with Gasteiger partial charge >= 0.3 is 0 Å². The molecule has 22 heavy (non-hydrogen) atoms. The molecule has 1 atom stereocenters. The molecular weight excluding hydrogens is 300 g/mol. The molecule has 0 N–H and O–H groups in total. The van der Waals surface area contributed by atoms with E-state index in [9.17, 15) is 4.79 Å². The third kappa shape index (κ3) is 2.82. The standard InChI is InChI=1S/C16H17ClN4O/c1-20(2)15(11-4-3-5-13(17)6-11)16(22)21-8-12-7-18-10-19-14(12)9-21/h3-7,10,15H,8-9H2,1-2H3. The predicted molar refractivity (Wildman–Crippen MR) is 84.2 cm³/mol. The number of nitrogens with zero attached hydrogens (tertiary/aromatic N) is 4. The summed E-state index contributed by atoms with van der Waals surface area (Å²) in [5.41, 5.74) is 2.83. The molecule has 3 rings (SSSR count).